The van der Waals surface area contributed by atoms with E-state index in [0.29, 0.717) is 4.68 Å². The van der Waals surface area contributed by atoms with Crippen molar-refractivity contribution in [2.24, 2.45) is 0 Å². The van der Waals surface area contributed by atoms with Gasteiger partial charge in [-0.3, -0.25) is 0 Å². The molecule has 23 heavy (non-hydrogen) atoms. The fourth-order valence-corrected chi connectivity index (χ4v) is 2.86. The number of sulfonamides is 1. The lowest BCUT2D eigenvalue weighted by atomic mass is 10.3. The molecule has 0 spiro atoms. The Morgan fingerprint density at radius 2 is 1.87 bits per heavy atom. The largest absolute Gasteiger partial charge is 0.576 e. The number of hydrogen-bond acceptors (Lipinski definition) is 4. The third-order valence-electron chi connectivity index (χ3n) is 2.68. The minimum absolute atomic E-state index is 0.0801. The highest BCUT2D eigenvalue weighted by molar-refractivity contribution is 7.93. The summed E-state index contributed by atoms with van der Waals surface area (Å²) in [5.41, 5.74) is -1.44. The highest BCUT2D eigenvalue weighted by Crippen LogP contribution is 2.36. The summed E-state index contributed by atoms with van der Waals surface area (Å²) in [6, 6.07) is 2.22. The third kappa shape index (κ3) is 3.65. The van der Waals surface area contributed by atoms with Crippen LogP contribution in [0.1, 0.15) is 12.4 Å². The zero-order valence-electron chi connectivity index (χ0n) is 11.7. The topological polar surface area (TPSA) is 88.1 Å². The molecule has 0 saturated carbocycles. The number of aromatic nitrogens is 3. The third-order valence-corrected chi connectivity index (χ3v) is 3.82. The number of hydrogen-bond donors (Lipinski definition) is 0. The summed E-state index contributed by atoms with van der Waals surface area (Å²) in [5.74, 6) is -0.238. The number of halogens is 4. The van der Waals surface area contributed by atoms with E-state index >= 15 is 0 Å². The van der Waals surface area contributed by atoms with Gasteiger partial charge in [-0.15, -0.1) is 10.8 Å². The maximum Gasteiger partial charge on any atom is 0.355 e. The molecule has 126 valence electrons. The van der Waals surface area contributed by atoms with Gasteiger partial charge in [0.2, 0.25) is 0 Å². The van der Waals surface area contributed by atoms with Crippen LogP contribution in [0.3, 0.4) is 0 Å². The zero-order valence-corrected chi connectivity index (χ0v) is 14.0. The molecule has 1 heterocycles. The van der Waals surface area contributed by atoms with Gasteiger partial charge in [-0.2, -0.15) is 13.5 Å². The first kappa shape index (κ1) is 17.7. The average Bonchev–Trinajstić information content (AvgIpc) is 2.66. The predicted molar refractivity (Wildman–Crippen MR) is 81.7 cm³/mol. The van der Waals surface area contributed by atoms with E-state index in [-0.39, 0.29) is 31.8 Å². The monoisotopic (exact) mass is 385 g/mol. The van der Waals surface area contributed by atoms with E-state index in [9.17, 15) is 22.0 Å². The fraction of sp³-hybridized carbons (Fsp3) is 0.273. The predicted octanol–water partition coefficient (Wildman–Crippen LogP) is 3.01. The molecule has 1 aromatic carbocycles. The standard InChI is InChI=1S/C11H9Cl2F2N4O3S/c1-5-16-19(11(20)18(5)10(14)15)9-4-8(17-23(2,21)22)6(12)3-7(9)13/h3-4,10H,1-2H3/q-1. The van der Waals surface area contributed by atoms with Crippen LogP contribution in [0, 0.1) is 6.92 Å². The van der Waals surface area contributed by atoms with E-state index in [1.807, 2.05) is 0 Å². The Labute approximate surface area is 139 Å². The molecule has 0 atom stereocenters. The van der Waals surface area contributed by atoms with E-state index in [1.54, 1.807) is 0 Å². The number of rotatable bonds is 4. The normalized spacial score (nSPS) is 12.0. The van der Waals surface area contributed by atoms with Crippen LogP contribution >= 0.6 is 23.2 Å². The van der Waals surface area contributed by atoms with Crippen molar-refractivity contribution in [1.82, 2.24) is 14.3 Å². The molecule has 12 heteroatoms. The lowest BCUT2D eigenvalue weighted by Gasteiger charge is -2.21. The Morgan fingerprint density at radius 3 is 2.35 bits per heavy atom. The van der Waals surface area contributed by atoms with Gasteiger partial charge in [0.15, 0.2) is 0 Å². The van der Waals surface area contributed by atoms with Crippen LogP contribution in [0.25, 0.3) is 10.4 Å². The molecule has 0 fully saturated rings. The van der Waals surface area contributed by atoms with Gasteiger partial charge in [0.1, 0.15) is 5.82 Å². The minimum atomic E-state index is -3.77. The molecule has 0 aliphatic heterocycles. The Kier molecular flexibility index (Phi) is 4.69. The highest BCUT2D eigenvalue weighted by atomic mass is 35.5. The summed E-state index contributed by atoms with van der Waals surface area (Å²) in [6.45, 7) is -1.86. The van der Waals surface area contributed by atoms with Crippen molar-refractivity contribution < 1.29 is 17.2 Å². The summed E-state index contributed by atoms with van der Waals surface area (Å²) >= 11 is 11.8. The van der Waals surface area contributed by atoms with Crippen LogP contribution < -0.4 is 5.69 Å². The second kappa shape index (κ2) is 6.10. The Hall–Kier alpha value is -1.65. The lowest BCUT2D eigenvalue weighted by molar-refractivity contribution is 0.0640. The van der Waals surface area contributed by atoms with Crippen LogP contribution in [0.5, 0.6) is 0 Å². The van der Waals surface area contributed by atoms with Crippen molar-refractivity contribution in [2.45, 2.75) is 13.5 Å². The van der Waals surface area contributed by atoms with E-state index < -0.39 is 22.3 Å². The van der Waals surface area contributed by atoms with Gasteiger partial charge in [-0.05, 0) is 19.1 Å². The molecule has 0 bridgehead atoms. The molecule has 1 aromatic heterocycles. The summed E-state index contributed by atoms with van der Waals surface area (Å²) < 4.78 is 52.4. The Morgan fingerprint density at radius 1 is 1.26 bits per heavy atom. The van der Waals surface area contributed by atoms with Crippen molar-refractivity contribution in [2.75, 3.05) is 6.26 Å². The second-order valence-corrected chi connectivity index (χ2v) is 6.93. The van der Waals surface area contributed by atoms with Gasteiger partial charge in [0.25, 0.3) is 0 Å². The van der Waals surface area contributed by atoms with Crippen molar-refractivity contribution in [3.05, 3.63) is 43.2 Å². The van der Waals surface area contributed by atoms with Gasteiger partial charge < -0.3 is 4.72 Å². The van der Waals surface area contributed by atoms with E-state index in [0.717, 1.165) is 18.4 Å². The summed E-state index contributed by atoms with van der Waals surface area (Å²) in [5, 5.41) is 3.54. The van der Waals surface area contributed by atoms with Crippen LogP contribution in [0.2, 0.25) is 10.0 Å². The van der Waals surface area contributed by atoms with Gasteiger partial charge in [0.05, 0.1) is 20.7 Å². The van der Waals surface area contributed by atoms with Gasteiger partial charge in [-0.25, -0.2) is 17.8 Å². The Bertz CT molecular complexity index is 924. The zero-order chi connectivity index (χ0) is 17.5. The van der Waals surface area contributed by atoms with E-state index in [1.165, 1.54) is 6.92 Å². The van der Waals surface area contributed by atoms with Crippen molar-refractivity contribution in [1.29, 1.82) is 0 Å². The number of nitrogens with zero attached hydrogens (tertiary/aromatic N) is 4. The van der Waals surface area contributed by atoms with Crippen LogP contribution in [-0.4, -0.2) is 29.0 Å². The molecule has 2 rings (SSSR count). The molecular weight excluding hydrogens is 377 g/mol. The molecule has 0 N–H and O–H groups in total. The maximum atomic E-state index is 12.8. The molecule has 0 aliphatic rings. The van der Waals surface area contributed by atoms with Crippen molar-refractivity contribution in [3.63, 3.8) is 0 Å². The number of benzene rings is 1. The first-order chi connectivity index (χ1) is 10.5. The summed E-state index contributed by atoms with van der Waals surface area (Å²) in [4.78, 5) is 12.0. The molecule has 0 unspecified atom stereocenters. The number of alkyl halides is 2. The second-order valence-electron chi connectivity index (χ2n) is 4.47. The first-order valence-electron chi connectivity index (χ1n) is 5.90. The fourth-order valence-electron chi connectivity index (χ4n) is 1.80. The van der Waals surface area contributed by atoms with Crippen LogP contribution in [0.4, 0.5) is 14.5 Å². The molecule has 0 radical (unpaired) electrons. The molecule has 7 nitrogen and oxygen atoms in total. The smallest absolute Gasteiger partial charge is 0.355 e. The quantitative estimate of drug-likeness (QED) is 0.808. The van der Waals surface area contributed by atoms with Gasteiger partial charge >= 0.3 is 12.2 Å². The van der Waals surface area contributed by atoms with E-state index in [4.69, 9.17) is 23.2 Å². The van der Waals surface area contributed by atoms with E-state index in [2.05, 4.69) is 9.82 Å². The minimum Gasteiger partial charge on any atom is -0.576 e. The maximum absolute atomic E-state index is 12.8. The van der Waals surface area contributed by atoms with Crippen LogP contribution in [-0.2, 0) is 10.0 Å². The highest BCUT2D eigenvalue weighted by Gasteiger charge is 2.19. The molecule has 0 amide bonds. The van der Waals surface area contributed by atoms with Gasteiger partial charge in [-0.1, -0.05) is 23.2 Å². The Balaban J connectivity index is 2.68. The molecule has 0 saturated heterocycles. The molecule has 0 aliphatic carbocycles. The van der Waals surface area contributed by atoms with Gasteiger partial charge in [0, 0.05) is 11.3 Å². The molecule has 2 aromatic rings. The van der Waals surface area contributed by atoms with Crippen LogP contribution in [0.15, 0.2) is 16.9 Å². The van der Waals surface area contributed by atoms with Crippen molar-refractivity contribution in [3.8, 4) is 5.69 Å². The SMILES string of the molecule is Cc1nn(-c2cc([N-]S(C)(=O)=O)c(Cl)cc2Cl)c(=O)n1C(F)F. The lowest BCUT2D eigenvalue weighted by Crippen LogP contribution is -2.24. The average molecular weight is 386 g/mol. The summed E-state index contributed by atoms with van der Waals surface area (Å²) in [6.07, 6.45) is 0.847. The van der Waals surface area contributed by atoms with Crippen molar-refractivity contribution >= 4 is 38.9 Å². The number of aryl methyl sites for hydroxylation is 1. The summed E-state index contributed by atoms with van der Waals surface area (Å²) in [7, 11) is -3.77. The first-order valence-corrected chi connectivity index (χ1v) is 8.50. The molecular formula is C11H9Cl2F2N4O3S-.